The van der Waals surface area contributed by atoms with Gasteiger partial charge >= 0.3 is 0 Å². The minimum atomic E-state index is -1.82. The Balaban J connectivity index is 3.02. The van der Waals surface area contributed by atoms with Crippen molar-refractivity contribution in [1.82, 2.24) is 4.57 Å². The van der Waals surface area contributed by atoms with Crippen LogP contribution >= 0.6 is 45.2 Å². The molecular formula is C15H21I2NOSi. The molecule has 0 aliphatic carbocycles. The van der Waals surface area contributed by atoms with Crippen molar-refractivity contribution in [2.24, 2.45) is 5.92 Å². The fourth-order valence-electron chi connectivity index (χ4n) is 2.40. The molecule has 1 aliphatic rings. The van der Waals surface area contributed by atoms with Gasteiger partial charge in [0.15, 0.2) is 8.24 Å². The molecule has 2 nitrogen and oxygen atoms in total. The van der Waals surface area contributed by atoms with Gasteiger partial charge in [-0.15, -0.1) is 0 Å². The van der Waals surface area contributed by atoms with E-state index in [1.165, 1.54) is 0 Å². The number of carbonyl (C=O) groups excluding carboxylic acids is 1. The first-order chi connectivity index (χ1) is 9.18. The predicted octanol–water partition coefficient (Wildman–Crippen LogP) is 4.39. The van der Waals surface area contributed by atoms with Crippen LogP contribution < -0.4 is 0 Å². The molecular weight excluding hydrogens is 492 g/mol. The minimum Gasteiger partial charge on any atom is -0.364 e. The normalized spacial score (nSPS) is 22.4. The highest BCUT2D eigenvalue weighted by molar-refractivity contribution is 14.1. The summed E-state index contributed by atoms with van der Waals surface area (Å²) in [5.74, 6) is 6.53. The predicted molar refractivity (Wildman–Crippen MR) is 104 cm³/mol. The van der Waals surface area contributed by atoms with Gasteiger partial charge in [-0.1, -0.05) is 45.7 Å². The van der Waals surface area contributed by atoms with Crippen LogP contribution in [0.1, 0.15) is 33.6 Å². The number of hydrogen-bond donors (Lipinski definition) is 0. The van der Waals surface area contributed by atoms with Gasteiger partial charge in [0.1, 0.15) is 0 Å². The maximum absolute atomic E-state index is 12.6. The second-order valence-electron chi connectivity index (χ2n) is 6.64. The van der Waals surface area contributed by atoms with Crippen LogP contribution in [0.3, 0.4) is 0 Å². The molecule has 0 bridgehead atoms. The Morgan fingerprint density at radius 2 is 1.65 bits per heavy atom. The highest BCUT2D eigenvalue weighted by Gasteiger charge is 2.56. The molecule has 0 unspecified atom stereocenters. The summed E-state index contributed by atoms with van der Waals surface area (Å²) in [4.78, 5) is 12.6. The lowest BCUT2D eigenvalue weighted by Gasteiger charge is -2.58. The number of nitrogens with zero attached hydrogens (tertiary/aromatic N) is 1. The Hall–Kier alpha value is 0.267. The fraction of sp³-hybridized carbons (Fsp3) is 0.667. The first-order valence-corrected chi connectivity index (χ1v) is 11.8. The van der Waals surface area contributed by atoms with E-state index >= 15 is 0 Å². The van der Waals surface area contributed by atoms with Gasteiger partial charge in [0.2, 0.25) is 5.91 Å². The molecule has 20 heavy (non-hydrogen) atoms. The van der Waals surface area contributed by atoms with E-state index in [1.807, 2.05) is 22.6 Å². The maximum Gasteiger partial charge on any atom is 0.221 e. The smallest absolute Gasteiger partial charge is 0.221 e. The standard InChI is InChI=1S/C15H21I2NOSi/c1-15(2,3)20(4,5)18-13(9-7-11-17)12(14(18)19)8-6-10-16/h12-13H,8-9H2,1-5H3/t12-,13-/m1/s1. The van der Waals surface area contributed by atoms with E-state index in [0.29, 0.717) is 6.42 Å². The van der Waals surface area contributed by atoms with Gasteiger partial charge < -0.3 is 4.57 Å². The molecule has 0 spiro atoms. The molecule has 0 saturated carbocycles. The molecule has 5 heteroatoms. The molecule has 0 N–H and O–H groups in total. The van der Waals surface area contributed by atoms with Crippen LogP contribution in [0.4, 0.5) is 0 Å². The molecule has 110 valence electrons. The lowest BCUT2D eigenvalue weighted by atomic mass is 9.86. The number of hydrogen-bond acceptors (Lipinski definition) is 1. The SMILES string of the molecule is CC(C)(C)[Si](C)(C)N1C(=O)[C@H](CC#CI)[C@H]1CC#CI. The van der Waals surface area contributed by atoms with Gasteiger partial charge in [0, 0.05) is 64.1 Å². The molecule has 1 saturated heterocycles. The van der Waals surface area contributed by atoms with Gasteiger partial charge in [0.25, 0.3) is 0 Å². The monoisotopic (exact) mass is 513 g/mol. The lowest BCUT2D eigenvalue weighted by molar-refractivity contribution is -0.147. The summed E-state index contributed by atoms with van der Waals surface area (Å²) in [5.41, 5.74) is 0. The average Bonchev–Trinajstić information content (AvgIpc) is 2.32. The summed E-state index contributed by atoms with van der Waals surface area (Å²) in [6, 6.07) is 0.253. The number of rotatable bonds is 3. The van der Waals surface area contributed by atoms with Crippen LogP contribution in [0.5, 0.6) is 0 Å². The van der Waals surface area contributed by atoms with E-state index in [2.05, 4.69) is 80.7 Å². The zero-order chi connectivity index (χ0) is 15.6. The van der Waals surface area contributed by atoms with Gasteiger partial charge in [-0.3, -0.25) is 4.79 Å². The first-order valence-electron chi connectivity index (χ1n) is 6.68. The topological polar surface area (TPSA) is 20.3 Å². The van der Waals surface area contributed by atoms with Gasteiger partial charge in [-0.05, 0) is 12.9 Å². The van der Waals surface area contributed by atoms with Crippen LogP contribution in [0.2, 0.25) is 18.1 Å². The molecule has 1 amide bonds. The average molecular weight is 513 g/mol. The Kier molecular flexibility index (Phi) is 6.43. The quantitative estimate of drug-likeness (QED) is 0.238. The van der Waals surface area contributed by atoms with E-state index in [0.717, 1.165) is 6.42 Å². The van der Waals surface area contributed by atoms with Crippen molar-refractivity contribution in [3.63, 3.8) is 0 Å². The second kappa shape index (κ2) is 7.02. The largest absolute Gasteiger partial charge is 0.364 e. The summed E-state index contributed by atoms with van der Waals surface area (Å²) in [7, 11) is -1.82. The first kappa shape index (κ1) is 18.3. The second-order valence-corrected chi connectivity index (χ2v) is 12.8. The van der Waals surface area contributed by atoms with E-state index in [1.54, 1.807) is 0 Å². The summed E-state index contributed by atoms with van der Waals surface area (Å²) >= 11 is 4.10. The zero-order valence-corrected chi connectivity index (χ0v) is 18.0. The van der Waals surface area contributed by atoms with E-state index in [9.17, 15) is 4.79 Å². The van der Waals surface area contributed by atoms with Crippen molar-refractivity contribution in [1.29, 1.82) is 0 Å². The van der Waals surface area contributed by atoms with Crippen molar-refractivity contribution >= 4 is 59.3 Å². The molecule has 0 radical (unpaired) electrons. The van der Waals surface area contributed by atoms with Crippen LogP contribution in [-0.4, -0.2) is 24.7 Å². The van der Waals surface area contributed by atoms with Crippen LogP contribution in [-0.2, 0) is 4.79 Å². The third-order valence-corrected chi connectivity index (χ3v) is 10.7. The summed E-state index contributed by atoms with van der Waals surface area (Å²) in [6.07, 6.45) is 1.44. The number of β-lactam (4-membered cyclic amide) rings is 1. The Bertz CT molecular complexity index is 502. The number of carbonyl (C=O) groups is 1. The van der Waals surface area contributed by atoms with Crippen molar-refractivity contribution in [2.45, 2.75) is 57.8 Å². The summed E-state index contributed by atoms with van der Waals surface area (Å²) in [5, 5.41) is 0.165. The Labute approximate surface area is 151 Å². The maximum atomic E-state index is 12.6. The lowest BCUT2D eigenvalue weighted by Crippen LogP contribution is -2.72. The van der Waals surface area contributed by atoms with Crippen LogP contribution in [0, 0.1) is 25.6 Å². The third-order valence-electron chi connectivity index (χ3n) is 4.56. The molecule has 1 heterocycles. The summed E-state index contributed by atoms with van der Waals surface area (Å²) < 4.78 is 7.97. The van der Waals surface area contributed by atoms with Gasteiger partial charge in [-0.2, -0.15) is 0 Å². The fourth-order valence-corrected chi connectivity index (χ4v) is 5.38. The molecule has 0 aromatic rings. The number of amides is 1. The van der Waals surface area contributed by atoms with E-state index < -0.39 is 8.24 Å². The Morgan fingerprint density at radius 1 is 1.15 bits per heavy atom. The van der Waals surface area contributed by atoms with Gasteiger partial charge in [-0.25, -0.2) is 0 Å². The molecule has 1 fully saturated rings. The van der Waals surface area contributed by atoms with Crippen molar-refractivity contribution in [2.75, 3.05) is 0 Å². The molecule has 2 atom stereocenters. The van der Waals surface area contributed by atoms with Crippen LogP contribution in [0.15, 0.2) is 0 Å². The number of halogens is 2. The van der Waals surface area contributed by atoms with Crippen molar-refractivity contribution < 1.29 is 4.79 Å². The molecule has 0 aromatic carbocycles. The molecule has 0 aromatic heterocycles. The summed E-state index contributed by atoms with van der Waals surface area (Å²) in [6.45, 7) is 11.3. The highest BCUT2D eigenvalue weighted by atomic mass is 127. The van der Waals surface area contributed by atoms with Crippen molar-refractivity contribution in [3.05, 3.63) is 0 Å². The highest BCUT2D eigenvalue weighted by Crippen LogP contribution is 2.46. The molecule has 1 aliphatic heterocycles. The minimum absolute atomic E-state index is 0.0450. The third kappa shape index (κ3) is 3.53. The van der Waals surface area contributed by atoms with Crippen LogP contribution in [0.25, 0.3) is 0 Å². The van der Waals surface area contributed by atoms with Gasteiger partial charge in [0.05, 0.1) is 5.92 Å². The zero-order valence-electron chi connectivity index (χ0n) is 12.7. The molecule has 1 rings (SSSR count). The Morgan fingerprint density at radius 3 is 2.10 bits per heavy atom. The van der Waals surface area contributed by atoms with E-state index in [-0.39, 0.29) is 22.9 Å². The van der Waals surface area contributed by atoms with E-state index in [4.69, 9.17) is 0 Å². The van der Waals surface area contributed by atoms with Crippen molar-refractivity contribution in [3.8, 4) is 19.7 Å².